The monoisotopic (exact) mass is 337 g/mol. The second-order valence-electron chi connectivity index (χ2n) is 7.19. The summed E-state index contributed by atoms with van der Waals surface area (Å²) in [7, 11) is 0. The van der Waals surface area contributed by atoms with E-state index >= 15 is 0 Å². The van der Waals surface area contributed by atoms with E-state index in [1.165, 1.54) is 0 Å². The molecule has 0 aliphatic rings. The Morgan fingerprint density at radius 1 is 0.840 bits per heavy atom. The number of amides is 1. The van der Waals surface area contributed by atoms with E-state index in [1.54, 1.807) is 36.4 Å². The van der Waals surface area contributed by atoms with Gasteiger partial charge in [0.15, 0.2) is 5.78 Å². The third kappa shape index (κ3) is 5.56. The second kappa shape index (κ2) is 8.61. The summed E-state index contributed by atoms with van der Waals surface area (Å²) >= 11 is 0. The van der Waals surface area contributed by atoms with Crippen molar-refractivity contribution in [3.05, 3.63) is 71.3 Å². The molecule has 0 aromatic heterocycles. The quantitative estimate of drug-likeness (QED) is 0.699. The molecule has 0 fully saturated rings. The second-order valence-corrected chi connectivity index (χ2v) is 7.19. The van der Waals surface area contributed by atoms with Gasteiger partial charge in [-0.15, -0.1) is 0 Å². The zero-order valence-corrected chi connectivity index (χ0v) is 15.3. The Labute approximate surface area is 150 Å². The fourth-order valence-electron chi connectivity index (χ4n) is 2.95. The minimum atomic E-state index is -0.0917. The molecule has 0 heterocycles. The van der Waals surface area contributed by atoms with E-state index in [1.807, 2.05) is 18.2 Å². The van der Waals surface area contributed by atoms with Crippen LogP contribution in [0.5, 0.6) is 0 Å². The number of rotatable bonds is 8. The molecule has 2 aromatic rings. The summed E-state index contributed by atoms with van der Waals surface area (Å²) in [5.41, 5.74) is 2.07. The first-order valence-corrected chi connectivity index (χ1v) is 8.91. The number of ketones is 1. The molecular weight excluding hydrogens is 310 g/mol. The predicted octanol–water partition coefficient (Wildman–Crippen LogP) is 4.86. The summed E-state index contributed by atoms with van der Waals surface area (Å²) in [6.45, 7) is 7.30. The van der Waals surface area contributed by atoms with Gasteiger partial charge in [0, 0.05) is 23.2 Å². The van der Waals surface area contributed by atoms with E-state index in [2.05, 4.69) is 26.1 Å². The highest BCUT2D eigenvalue weighted by Gasteiger charge is 2.17. The number of hydrogen-bond acceptors (Lipinski definition) is 2. The molecule has 0 saturated heterocycles. The number of hydrogen-bond donors (Lipinski definition) is 1. The standard InChI is InChI=1S/C22H27NO2/c1-4-14-22(2,3)15-16-23-21(25)19-12-10-18(11-13-19)20(24)17-8-6-5-7-9-17/h5-13H,4,14-16H2,1-3H3,(H,23,25). The smallest absolute Gasteiger partial charge is 0.251 e. The number of carbonyl (C=O) groups excluding carboxylic acids is 2. The Morgan fingerprint density at radius 3 is 2.00 bits per heavy atom. The lowest BCUT2D eigenvalue weighted by atomic mass is 9.85. The largest absolute Gasteiger partial charge is 0.352 e. The molecule has 132 valence electrons. The van der Waals surface area contributed by atoms with E-state index in [4.69, 9.17) is 0 Å². The molecule has 2 rings (SSSR count). The lowest BCUT2D eigenvalue weighted by Gasteiger charge is -2.23. The van der Waals surface area contributed by atoms with Gasteiger partial charge in [0.2, 0.25) is 0 Å². The van der Waals surface area contributed by atoms with Gasteiger partial charge in [-0.25, -0.2) is 0 Å². The summed E-state index contributed by atoms with van der Waals surface area (Å²) in [5, 5.41) is 2.97. The lowest BCUT2D eigenvalue weighted by Crippen LogP contribution is -2.28. The van der Waals surface area contributed by atoms with Crippen LogP contribution in [0.15, 0.2) is 54.6 Å². The predicted molar refractivity (Wildman–Crippen MR) is 102 cm³/mol. The van der Waals surface area contributed by atoms with Crippen molar-refractivity contribution in [2.45, 2.75) is 40.0 Å². The van der Waals surface area contributed by atoms with Crippen molar-refractivity contribution in [1.82, 2.24) is 5.32 Å². The molecule has 3 nitrogen and oxygen atoms in total. The van der Waals surface area contributed by atoms with Gasteiger partial charge in [-0.3, -0.25) is 9.59 Å². The van der Waals surface area contributed by atoms with Crippen molar-refractivity contribution in [3.8, 4) is 0 Å². The maximum Gasteiger partial charge on any atom is 0.251 e. The van der Waals surface area contributed by atoms with Gasteiger partial charge in [-0.2, -0.15) is 0 Å². The Bertz CT molecular complexity index is 703. The van der Waals surface area contributed by atoms with Gasteiger partial charge in [0.05, 0.1) is 0 Å². The SMILES string of the molecule is CCCC(C)(C)CCNC(=O)c1ccc(C(=O)c2ccccc2)cc1. The van der Waals surface area contributed by atoms with Crippen molar-refractivity contribution in [2.24, 2.45) is 5.41 Å². The summed E-state index contributed by atoms with van der Waals surface area (Å²) in [4.78, 5) is 24.6. The molecular formula is C22H27NO2. The summed E-state index contributed by atoms with van der Waals surface area (Å²) in [6, 6.07) is 16.0. The Balaban J connectivity index is 1.93. The maximum atomic E-state index is 12.4. The van der Waals surface area contributed by atoms with Gasteiger partial charge in [0.1, 0.15) is 0 Å². The Kier molecular flexibility index (Phi) is 6.51. The Hall–Kier alpha value is -2.42. The molecule has 0 unspecified atom stereocenters. The van der Waals surface area contributed by atoms with E-state index in [9.17, 15) is 9.59 Å². The molecule has 3 heteroatoms. The van der Waals surface area contributed by atoms with Crippen LogP contribution in [-0.4, -0.2) is 18.2 Å². The highest BCUT2D eigenvalue weighted by atomic mass is 16.1. The highest BCUT2D eigenvalue weighted by molar-refractivity contribution is 6.09. The molecule has 0 aliphatic carbocycles. The van der Waals surface area contributed by atoms with Crippen LogP contribution in [0.1, 0.15) is 66.3 Å². The zero-order chi connectivity index (χ0) is 18.3. The zero-order valence-electron chi connectivity index (χ0n) is 15.3. The fourth-order valence-corrected chi connectivity index (χ4v) is 2.95. The number of benzene rings is 2. The van der Waals surface area contributed by atoms with Crippen LogP contribution in [0.2, 0.25) is 0 Å². The maximum absolute atomic E-state index is 12.4. The van der Waals surface area contributed by atoms with Crippen LogP contribution in [0.4, 0.5) is 0 Å². The molecule has 0 radical (unpaired) electrons. The van der Waals surface area contributed by atoms with Gasteiger partial charge in [-0.05, 0) is 30.4 Å². The van der Waals surface area contributed by atoms with Crippen LogP contribution in [-0.2, 0) is 0 Å². The first-order chi connectivity index (χ1) is 11.9. The van der Waals surface area contributed by atoms with E-state index in [0.717, 1.165) is 19.3 Å². The molecule has 0 aliphatic heterocycles. The van der Waals surface area contributed by atoms with Gasteiger partial charge in [0.25, 0.3) is 5.91 Å². The summed E-state index contributed by atoms with van der Waals surface area (Å²) in [5.74, 6) is -0.125. The molecule has 0 spiro atoms. The minimum absolute atomic E-state index is 0.0335. The van der Waals surface area contributed by atoms with E-state index in [0.29, 0.717) is 23.2 Å². The van der Waals surface area contributed by atoms with Crippen molar-refractivity contribution < 1.29 is 9.59 Å². The lowest BCUT2D eigenvalue weighted by molar-refractivity contribution is 0.0946. The minimum Gasteiger partial charge on any atom is -0.352 e. The third-order valence-electron chi connectivity index (χ3n) is 4.46. The van der Waals surface area contributed by atoms with Crippen LogP contribution in [0, 0.1) is 5.41 Å². The van der Waals surface area contributed by atoms with Crippen molar-refractivity contribution >= 4 is 11.7 Å². The van der Waals surface area contributed by atoms with Gasteiger partial charge in [-0.1, -0.05) is 69.7 Å². The molecule has 0 bridgehead atoms. The molecule has 2 aromatic carbocycles. The average Bonchev–Trinajstić information content (AvgIpc) is 2.61. The Morgan fingerprint density at radius 2 is 1.40 bits per heavy atom. The summed E-state index contributed by atoms with van der Waals surface area (Å²) < 4.78 is 0. The first-order valence-electron chi connectivity index (χ1n) is 8.91. The van der Waals surface area contributed by atoms with Crippen molar-refractivity contribution in [2.75, 3.05) is 6.54 Å². The number of nitrogens with one attached hydrogen (secondary N) is 1. The van der Waals surface area contributed by atoms with Crippen molar-refractivity contribution in [1.29, 1.82) is 0 Å². The molecule has 25 heavy (non-hydrogen) atoms. The molecule has 1 N–H and O–H groups in total. The average molecular weight is 337 g/mol. The third-order valence-corrected chi connectivity index (χ3v) is 4.46. The topological polar surface area (TPSA) is 46.2 Å². The molecule has 0 saturated carbocycles. The van der Waals surface area contributed by atoms with Crippen molar-refractivity contribution in [3.63, 3.8) is 0 Å². The first kappa shape index (κ1) is 18.9. The van der Waals surface area contributed by atoms with Crippen LogP contribution < -0.4 is 5.32 Å². The van der Waals surface area contributed by atoms with Gasteiger partial charge >= 0.3 is 0 Å². The van der Waals surface area contributed by atoms with Crippen LogP contribution >= 0.6 is 0 Å². The normalized spacial score (nSPS) is 11.2. The van der Waals surface area contributed by atoms with E-state index in [-0.39, 0.29) is 17.1 Å². The highest BCUT2D eigenvalue weighted by Crippen LogP contribution is 2.25. The number of carbonyl (C=O) groups is 2. The fraction of sp³-hybridized carbons (Fsp3) is 0.364. The molecule has 0 atom stereocenters. The van der Waals surface area contributed by atoms with E-state index < -0.39 is 0 Å². The van der Waals surface area contributed by atoms with Gasteiger partial charge < -0.3 is 5.32 Å². The van der Waals surface area contributed by atoms with Crippen LogP contribution in [0.3, 0.4) is 0 Å². The summed E-state index contributed by atoms with van der Waals surface area (Å²) in [6.07, 6.45) is 3.26. The molecule has 1 amide bonds. The van der Waals surface area contributed by atoms with Crippen LogP contribution in [0.25, 0.3) is 0 Å².